The van der Waals surface area contributed by atoms with Crippen molar-refractivity contribution in [3.8, 4) is 0 Å². The van der Waals surface area contributed by atoms with Crippen LogP contribution in [0.1, 0.15) is 56.9 Å². The third-order valence-corrected chi connectivity index (χ3v) is 5.71. The third kappa shape index (κ3) is 5.44. The first-order valence-corrected chi connectivity index (χ1v) is 10.2. The van der Waals surface area contributed by atoms with E-state index in [0.29, 0.717) is 13.1 Å². The Hall–Kier alpha value is -2.11. The van der Waals surface area contributed by atoms with Crippen molar-refractivity contribution in [2.45, 2.75) is 64.0 Å². The van der Waals surface area contributed by atoms with E-state index in [1.165, 1.54) is 12.1 Å². The van der Waals surface area contributed by atoms with Crippen molar-refractivity contribution in [1.82, 2.24) is 15.5 Å². The Bertz CT molecular complexity index is 635. The highest BCUT2D eigenvalue weighted by Gasteiger charge is 2.36. The number of nitrogens with one attached hydrogen (secondary N) is 2. The number of carbonyl (C=O) groups excluding carboxylic acids is 2. The van der Waals surface area contributed by atoms with Gasteiger partial charge in [-0.15, -0.1) is 0 Å². The topological polar surface area (TPSA) is 61.4 Å². The molecule has 6 heteroatoms. The number of fused-ring (bicyclic) bond motifs is 1. The van der Waals surface area contributed by atoms with Gasteiger partial charge in [-0.1, -0.05) is 37.8 Å². The molecule has 1 saturated carbocycles. The fraction of sp³-hybridized carbons (Fsp3) is 0.619. The van der Waals surface area contributed by atoms with Crippen molar-refractivity contribution in [2.75, 3.05) is 13.1 Å². The molecular formula is C21H30FN3O2. The van der Waals surface area contributed by atoms with Crippen LogP contribution in [0.5, 0.6) is 0 Å². The van der Waals surface area contributed by atoms with Gasteiger partial charge in [0.25, 0.3) is 0 Å². The van der Waals surface area contributed by atoms with Crippen molar-refractivity contribution in [3.63, 3.8) is 0 Å². The molecule has 27 heavy (non-hydrogen) atoms. The number of amides is 3. The van der Waals surface area contributed by atoms with E-state index in [-0.39, 0.29) is 29.7 Å². The van der Waals surface area contributed by atoms with E-state index in [1.54, 1.807) is 12.1 Å². The molecule has 3 amide bonds. The molecule has 1 aliphatic heterocycles. The van der Waals surface area contributed by atoms with E-state index in [4.69, 9.17) is 0 Å². The smallest absolute Gasteiger partial charge is 0.317 e. The molecule has 0 radical (unpaired) electrons. The third-order valence-electron chi connectivity index (χ3n) is 5.71. The van der Waals surface area contributed by atoms with Crippen LogP contribution in [-0.2, 0) is 11.3 Å². The number of nitrogens with zero attached hydrogens (tertiary/aromatic N) is 1. The van der Waals surface area contributed by atoms with Gasteiger partial charge in [0.2, 0.25) is 5.91 Å². The predicted molar refractivity (Wildman–Crippen MR) is 103 cm³/mol. The number of hydrogen-bond acceptors (Lipinski definition) is 2. The second kappa shape index (κ2) is 9.72. The minimum atomic E-state index is -0.284. The lowest BCUT2D eigenvalue weighted by molar-refractivity contribution is -0.127. The van der Waals surface area contributed by atoms with Crippen molar-refractivity contribution in [3.05, 3.63) is 35.6 Å². The van der Waals surface area contributed by atoms with E-state index >= 15 is 0 Å². The normalized spacial score (nSPS) is 24.3. The molecule has 2 aliphatic rings. The van der Waals surface area contributed by atoms with Crippen LogP contribution in [0.4, 0.5) is 9.18 Å². The first-order valence-electron chi connectivity index (χ1n) is 10.2. The fourth-order valence-corrected chi connectivity index (χ4v) is 4.19. The van der Waals surface area contributed by atoms with Gasteiger partial charge >= 0.3 is 6.03 Å². The molecule has 3 rings (SSSR count). The number of halogens is 1. The zero-order valence-corrected chi connectivity index (χ0v) is 15.9. The zero-order chi connectivity index (χ0) is 19.1. The van der Waals surface area contributed by atoms with Gasteiger partial charge < -0.3 is 15.5 Å². The second-order valence-electron chi connectivity index (χ2n) is 7.64. The maximum absolute atomic E-state index is 13.1. The molecule has 0 bridgehead atoms. The molecular weight excluding hydrogens is 345 g/mol. The molecule has 1 aliphatic carbocycles. The minimum absolute atomic E-state index is 0.0370. The number of rotatable bonds is 2. The summed E-state index contributed by atoms with van der Waals surface area (Å²) in [4.78, 5) is 27.5. The van der Waals surface area contributed by atoms with Gasteiger partial charge in [-0.05, 0) is 43.4 Å². The van der Waals surface area contributed by atoms with Gasteiger partial charge in [0.05, 0.1) is 5.92 Å². The monoisotopic (exact) mass is 375 g/mol. The summed E-state index contributed by atoms with van der Waals surface area (Å²) in [6.45, 7) is 1.78. The lowest BCUT2D eigenvalue weighted by Gasteiger charge is -2.39. The summed E-state index contributed by atoms with van der Waals surface area (Å²) in [5.74, 6) is -0.306. The number of carbonyl (C=O) groups is 2. The predicted octanol–water partition coefficient (Wildman–Crippen LogP) is 3.59. The van der Waals surface area contributed by atoms with Gasteiger partial charge in [0.15, 0.2) is 0 Å². The summed E-state index contributed by atoms with van der Waals surface area (Å²) in [5.41, 5.74) is 0.862. The molecule has 148 valence electrons. The molecule has 2 unspecified atom stereocenters. The van der Waals surface area contributed by atoms with Gasteiger partial charge in [-0.2, -0.15) is 0 Å². The lowest BCUT2D eigenvalue weighted by Crippen LogP contribution is -2.53. The molecule has 1 aromatic carbocycles. The molecule has 0 aromatic heterocycles. The largest absolute Gasteiger partial charge is 0.356 e. The van der Waals surface area contributed by atoms with Crippen LogP contribution < -0.4 is 10.6 Å². The maximum atomic E-state index is 13.1. The van der Waals surface area contributed by atoms with Crippen LogP contribution in [0.3, 0.4) is 0 Å². The van der Waals surface area contributed by atoms with Gasteiger partial charge in [-0.3, -0.25) is 4.79 Å². The van der Waals surface area contributed by atoms with E-state index in [2.05, 4.69) is 10.6 Å². The quantitative estimate of drug-likeness (QED) is 0.830. The van der Waals surface area contributed by atoms with Gasteiger partial charge in [0.1, 0.15) is 5.82 Å². The summed E-state index contributed by atoms with van der Waals surface area (Å²) < 4.78 is 13.1. The summed E-state index contributed by atoms with van der Waals surface area (Å²) in [6, 6.07) is 6.00. The Kier molecular flexibility index (Phi) is 7.07. The SMILES string of the molecule is O=C1NCCCCCCN(C(=O)NCc2ccc(F)cc2)C2CCCCC12. The fourth-order valence-electron chi connectivity index (χ4n) is 4.19. The van der Waals surface area contributed by atoms with E-state index < -0.39 is 0 Å². The van der Waals surface area contributed by atoms with Crippen LogP contribution in [0.2, 0.25) is 0 Å². The molecule has 2 N–H and O–H groups in total. The Balaban J connectivity index is 1.70. The highest BCUT2D eigenvalue weighted by atomic mass is 19.1. The number of benzene rings is 1. The zero-order valence-electron chi connectivity index (χ0n) is 15.9. The maximum Gasteiger partial charge on any atom is 0.317 e. The van der Waals surface area contributed by atoms with Crippen LogP contribution in [-0.4, -0.2) is 36.0 Å². The van der Waals surface area contributed by atoms with Gasteiger partial charge in [0, 0.05) is 25.7 Å². The van der Waals surface area contributed by atoms with Crippen molar-refractivity contribution in [2.24, 2.45) is 5.92 Å². The number of urea groups is 1. The molecule has 1 heterocycles. The van der Waals surface area contributed by atoms with Gasteiger partial charge in [-0.25, -0.2) is 9.18 Å². The van der Waals surface area contributed by atoms with E-state index in [1.807, 2.05) is 4.90 Å². The lowest BCUT2D eigenvalue weighted by atomic mass is 9.82. The highest BCUT2D eigenvalue weighted by molar-refractivity contribution is 5.81. The Morgan fingerprint density at radius 1 is 1.07 bits per heavy atom. The molecule has 2 fully saturated rings. The Morgan fingerprint density at radius 2 is 1.81 bits per heavy atom. The molecule has 1 saturated heterocycles. The summed E-state index contributed by atoms with van der Waals surface area (Å²) >= 11 is 0. The Morgan fingerprint density at radius 3 is 2.63 bits per heavy atom. The molecule has 1 aromatic rings. The van der Waals surface area contributed by atoms with Crippen LogP contribution in [0, 0.1) is 11.7 Å². The van der Waals surface area contributed by atoms with Crippen molar-refractivity contribution >= 4 is 11.9 Å². The summed E-state index contributed by atoms with van der Waals surface area (Å²) in [6.07, 6.45) is 7.91. The highest BCUT2D eigenvalue weighted by Crippen LogP contribution is 2.29. The van der Waals surface area contributed by atoms with E-state index in [0.717, 1.165) is 63.5 Å². The molecule has 0 spiro atoms. The van der Waals surface area contributed by atoms with Crippen LogP contribution >= 0.6 is 0 Å². The molecule has 2 atom stereocenters. The number of hydrogen-bond donors (Lipinski definition) is 2. The average molecular weight is 375 g/mol. The average Bonchev–Trinajstić information content (AvgIpc) is 2.72. The standard InChI is InChI=1S/C21H30FN3O2/c22-17-11-9-16(10-12-17)15-24-21(27)25-14-6-2-1-5-13-23-20(26)18-7-3-4-8-19(18)25/h9-12,18-19H,1-8,13-15H2,(H,23,26)(H,24,27). The minimum Gasteiger partial charge on any atom is -0.356 e. The van der Waals surface area contributed by atoms with E-state index in [9.17, 15) is 14.0 Å². The summed E-state index contributed by atoms with van der Waals surface area (Å²) in [7, 11) is 0. The first-order chi connectivity index (χ1) is 13.1. The van der Waals surface area contributed by atoms with Crippen LogP contribution in [0.25, 0.3) is 0 Å². The Labute approximate surface area is 160 Å². The summed E-state index contributed by atoms with van der Waals surface area (Å²) in [5, 5.41) is 6.04. The molecule has 5 nitrogen and oxygen atoms in total. The first kappa shape index (κ1) is 19.6. The van der Waals surface area contributed by atoms with Crippen molar-refractivity contribution < 1.29 is 14.0 Å². The second-order valence-corrected chi connectivity index (χ2v) is 7.64. The van der Waals surface area contributed by atoms with Crippen molar-refractivity contribution in [1.29, 1.82) is 0 Å². The van der Waals surface area contributed by atoms with Crippen LogP contribution in [0.15, 0.2) is 24.3 Å².